The molecule has 3 N–H and O–H groups in total. The largest absolute Gasteiger partial charge is 0.478 e. The van der Waals surface area contributed by atoms with Crippen molar-refractivity contribution in [2.45, 2.75) is 12.6 Å². The number of nitrogen functional groups attached to an aromatic ring is 1. The molecule has 0 aliphatic rings. The number of carbonyl (C=O) groups excluding carboxylic acids is 1. The summed E-state index contributed by atoms with van der Waals surface area (Å²) < 4.78 is 36.4. The van der Waals surface area contributed by atoms with Crippen LogP contribution in [0.25, 0.3) is 0 Å². The van der Waals surface area contributed by atoms with E-state index in [9.17, 15) is 22.8 Å². The number of halogens is 3. The molecule has 0 radical (unpaired) electrons. The number of hydrogen-bond donors (Lipinski definition) is 2. The Bertz CT molecular complexity index is 514. The van der Waals surface area contributed by atoms with Gasteiger partial charge < -0.3 is 15.7 Å². The molecule has 0 spiro atoms. The van der Waals surface area contributed by atoms with E-state index in [0.29, 0.717) is 4.90 Å². The van der Waals surface area contributed by atoms with Crippen LogP contribution >= 0.6 is 0 Å². The third-order valence-electron chi connectivity index (χ3n) is 2.34. The normalized spacial score (nSPS) is 11.2. The molecule has 0 saturated heterocycles. The van der Waals surface area contributed by atoms with Crippen molar-refractivity contribution in [1.29, 1.82) is 0 Å². The highest BCUT2D eigenvalue weighted by molar-refractivity contribution is 6.02. The molecule has 0 aliphatic carbocycles. The van der Waals surface area contributed by atoms with Gasteiger partial charge in [-0.25, -0.2) is 4.79 Å². The van der Waals surface area contributed by atoms with Gasteiger partial charge in [0.1, 0.15) is 6.42 Å². The fourth-order valence-electron chi connectivity index (χ4n) is 1.44. The first-order valence-corrected chi connectivity index (χ1v) is 5.08. The van der Waals surface area contributed by atoms with E-state index in [2.05, 4.69) is 0 Å². The lowest BCUT2D eigenvalue weighted by molar-refractivity contribution is -0.151. The summed E-state index contributed by atoms with van der Waals surface area (Å²) in [6.45, 7) is 0. The van der Waals surface area contributed by atoms with Crippen LogP contribution in [0.2, 0.25) is 0 Å². The zero-order valence-electron chi connectivity index (χ0n) is 9.86. The SMILES string of the molecule is CN(C(=O)CC(F)(F)F)c1ccc(N)cc1C(=O)O. The van der Waals surface area contributed by atoms with Crippen molar-refractivity contribution < 1.29 is 27.9 Å². The Morgan fingerprint density at radius 3 is 2.42 bits per heavy atom. The maximum Gasteiger partial charge on any atom is 0.397 e. The summed E-state index contributed by atoms with van der Waals surface area (Å²) >= 11 is 0. The summed E-state index contributed by atoms with van der Waals surface area (Å²) in [6.07, 6.45) is -6.31. The van der Waals surface area contributed by atoms with Crippen molar-refractivity contribution in [2.24, 2.45) is 0 Å². The minimum atomic E-state index is -4.65. The van der Waals surface area contributed by atoms with Crippen LogP contribution in [-0.2, 0) is 4.79 Å². The van der Waals surface area contributed by atoms with Crippen LogP contribution in [0.3, 0.4) is 0 Å². The molecule has 0 aromatic heterocycles. The minimum Gasteiger partial charge on any atom is -0.478 e. The minimum absolute atomic E-state index is 0.137. The summed E-state index contributed by atoms with van der Waals surface area (Å²) in [5.41, 5.74) is 5.06. The van der Waals surface area contributed by atoms with Crippen molar-refractivity contribution in [2.75, 3.05) is 17.7 Å². The van der Waals surface area contributed by atoms with Gasteiger partial charge in [0.05, 0.1) is 11.3 Å². The lowest BCUT2D eigenvalue weighted by Gasteiger charge is -2.20. The second kappa shape index (κ2) is 5.17. The Kier molecular flexibility index (Phi) is 4.03. The first-order chi connectivity index (χ1) is 8.61. The van der Waals surface area contributed by atoms with Gasteiger partial charge in [0.2, 0.25) is 5.91 Å². The third-order valence-corrected chi connectivity index (χ3v) is 2.34. The van der Waals surface area contributed by atoms with Crippen LogP contribution < -0.4 is 10.6 Å². The number of carboxylic acids is 1. The predicted molar refractivity (Wildman–Crippen MR) is 61.9 cm³/mol. The maximum atomic E-state index is 12.1. The van der Waals surface area contributed by atoms with Crippen LogP contribution in [-0.4, -0.2) is 30.2 Å². The maximum absolute atomic E-state index is 12.1. The van der Waals surface area contributed by atoms with Gasteiger partial charge >= 0.3 is 12.1 Å². The molecular formula is C11H11F3N2O3. The molecule has 0 heterocycles. The molecule has 19 heavy (non-hydrogen) atoms. The number of carboxylic acid groups (broad SMARTS) is 1. The quantitative estimate of drug-likeness (QED) is 0.826. The number of benzene rings is 1. The average molecular weight is 276 g/mol. The first-order valence-electron chi connectivity index (χ1n) is 5.08. The van der Waals surface area contributed by atoms with Crippen LogP contribution in [0.5, 0.6) is 0 Å². The monoisotopic (exact) mass is 276 g/mol. The van der Waals surface area contributed by atoms with E-state index in [1.54, 1.807) is 0 Å². The number of nitrogens with zero attached hydrogens (tertiary/aromatic N) is 1. The molecule has 5 nitrogen and oxygen atoms in total. The van der Waals surface area contributed by atoms with Crippen LogP contribution in [0.15, 0.2) is 18.2 Å². The fourth-order valence-corrected chi connectivity index (χ4v) is 1.44. The van der Waals surface area contributed by atoms with Crippen LogP contribution in [0.4, 0.5) is 24.5 Å². The summed E-state index contributed by atoms with van der Waals surface area (Å²) in [7, 11) is 1.08. The highest BCUT2D eigenvalue weighted by atomic mass is 19.4. The molecule has 1 amide bonds. The Labute approximate surface area is 106 Å². The number of anilines is 2. The molecule has 8 heteroatoms. The topological polar surface area (TPSA) is 83.6 Å². The average Bonchev–Trinajstić information content (AvgIpc) is 2.25. The second-order valence-corrected chi connectivity index (χ2v) is 3.83. The van der Waals surface area contributed by atoms with Gasteiger partial charge in [-0.3, -0.25) is 4.79 Å². The highest BCUT2D eigenvalue weighted by Crippen LogP contribution is 2.26. The smallest absolute Gasteiger partial charge is 0.397 e. The molecule has 104 valence electrons. The Balaban J connectivity index is 3.09. The summed E-state index contributed by atoms with van der Waals surface area (Å²) in [4.78, 5) is 23.0. The molecule has 1 rings (SSSR count). The number of hydrogen-bond acceptors (Lipinski definition) is 3. The highest BCUT2D eigenvalue weighted by Gasteiger charge is 2.33. The van der Waals surface area contributed by atoms with Gasteiger partial charge in [-0.05, 0) is 18.2 Å². The molecule has 0 unspecified atom stereocenters. The Hall–Kier alpha value is -2.25. The fraction of sp³-hybridized carbons (Fsp3) is 0.273. The van der Waals surface area contributed by atoms with Gasteiger partial charge in [-0.15, -0.1) is 0 Å². The lowest BCUT2D eigenvalue weighted by atomic mass is 10.1. The second-order valence-electron chi connectivity index (χ2n) is 3.83. The van der Waals surface area contributed by atoms with E-state index in [1.165, 1.54) is 12.1 Å². The van der Waals surface area contributed by atoms with Gasteiger partial charge in [-0.1, -0.05) is 0 Å². The number of rotatable bonds is 3. The van der Waals surface area contributed by atoms with E-state index < -0.39 is 24.5 Å². The molecular weight excluding hydrogens is 265 g/mol. The van der Waals surface area contributed by atoms with E-state index >= 15 is 0 Å². The summed E-state index contributed by atoms with van der Waals surface area (Å²) in [5, 5.41) is 8.94. The first kappa shape index (κ1) is 14.8. The van der Waals surface area contributed by atoms with E-state index in [-0.39, 0.29) is 16.9 Å². The lowest BCUT2D eigenvalue weighted by Crippen LogP contribution is -2.31. The van der Waals surface area contributed by atoms with Gasteiger partial charge in [0.25, 0.3) is 0 Å². The summed E-state index contributed by atoms with van der Waals surface area (Å²) in [6, 6.07) is 3.57. The van der Waals surface area contributed by atoms with Crippen molar-refractivity contribution in [3.05, 3.63) is 23.8 Å². The molecule has 0 aliphatic heterocycles. The zero-order valence-corrected chi connectivity index (χ0v) is 9.86. The van der Waals surface area contributed by atoms with Crippen LogP contribution in [0.1, 0.15) is 16.8 Å². The molecule has 0 atom stereocenters. The molecule has 0 fully saturated rings. The van der Waals surface area contributed by atoms with Gasteiger partial charge in [-0.2, -0.15) is 13.2 Å². The van der Waals surface area contributed by atoms with Crippen molar-refractivity contribution >= 4 is 23.3 Å². The number of nitrogens with two attached hydrogens (primary N) is 1. The number of carbonyl (C=O) groups is 2. The van der Waals surface area contributed by atoms with Crippen molar-refractivity contribution in [1.82, 2.24) is 0 Å². The van der Waals surface area contributed by atoms with E-state index in [1.807, 2.05) is 0 Å². The van der Waals surface area contributed by atoms with Crippen molar-refractivity contribution in [3.63, 3.8) is 0 Å². The predicted octanol–water partition coefficient (Wildman–Crippen LogP) is 1.88. The molecule has 1 aromatic carbocycles. The third kappa shape index (κ3) is 3.87. The van der Waals surface area contributed by atoms with Crippen molar-refractivity contribution in [3.8, 4) is 0 Å². The molecule has 1 aromatic rings. The summed E-state index contributed by atoms with van der Waals surface area (Å²) in [5.74, 6) is -2.63. The number of alkyl halides is 3. The van der Waals surface area contributed by atoms with E-state index in [4.69, 9.17) is 10.8 Å². The Morgan fingerprint density at radius 2 is 1.95 bits per heavy atom. The standard InChI is InChI=1S/C11H11F3N2O3/c1-16(9(17)5-11(12,13)14)8-3-2-6(15)4-7(8)10(18)19/h2-4H,5,15H2,1H3,(H,18,19). The van der Waals surface area contributed by atoms with Gasteiger partial charge in [0, 0.05) is 12.7 Å². The number of aromatic carboxylic acids is 1. The Morgan fingerprint density at radius 1 is 1.37 bits per heavy atom. The van der Waals surface area contributed by atoms with E-state index in [0.717, 1.165) is 13.1 Å². The molecule has 0 saturated carbocycles. The van der Waals surface area contributed by atoms with Crippen LogP contribution in [0, 0.1) is 0 Å². The number of amides is 1. The molecule has 0 bridgehead atoms. The zero-order chi connectivity index (χ0) is 14.8. The van der Waals surface area contributed by atoms with Gasteiger partial charge in [0.15, 0.2) is 0 Å².